The van der Waals surface area contributed by atoms with Gasteiger partial charge in [-0.15, -0.1) is 5.10 Å². The lowest BCUT2D eigenvalue weighted by Crippen LogP contribution is -2.06. The first kappa shape index (κ1) is 13.6. The molecular formula is C15H14ClN5. The van der Waals surface area contributed by atoms with E-state index < -0.39 is 0 Å². The normalized spacial score (nSPS) is 10.5. The Bertz CT molecular complexity index is 697. The number of rotatable bonds is 5. The van der Waals surface area contributed by atoms with Crippen molar-refractivity contribution in [3.63, 3.8) is 0 Å². The smallest absolute Gasteiger partial charge is 0.143 e. The third kappa shape index (κ3) is 3.38. The van der Waals surface area contributed by atoms with E-state index in [0.29, 0.717) is 5.02 Å². The zero-order chi connectivity index (χ0) is 14.5. The number of benzene rings is 2. The molecule has 0 aliphatic carbocycles. The van der Waals surface area contributed by atoms with Gasteiger partial charge in [-0.05, 0) is 40.6 Å². The number of halogens is 1. The van der Waals surface area contributed by atoms with Gasteiger partial charge in [-0.2, -0.15) is 0 Å². The maximum atomic E-state index is 6.22. The maximum absolute atomic E-state index is 6.22. The fraction of sp³-hybridized carbons (Fsp3) is 0.133. The summed E-state index contributed by atoms with van der Waals surface area (Å²) in [5.74, 6) is 0. The highest BCUT2D eigenvalue weighted by molar-refractivity contribution is 6.33. The predicted molar refractivity (Wildman–Crippen MR) is 82.8 cm³/mol. The molecule has 0 saturated carbocycles. The van der Waals surface area contributed by atoms with Crippen LogP contribution in [0.2, 0.25) is 5.02 Å². The van der Waals surface area contributed by atoms with Crippen molar-refractivity contribution < 1.29 is 0 Å². The van der Waals surface area contributed by atoms with Gasteiger partial charge >= 0.3 is 0 Å². The molecule has 1 aromatic heterocycles. The molecule has 0 saturated heterocycles. The Kier molecular flexibility index (Phi) is 4.12. The molecule has 2 aromatic carbocycles. The summed E-state index contributed by atoms with van der Waals surface area (Å²) >= 11 is 6.22. The lowest BCUT2D eigenvalue weighted by molar-refractivity contribution is 0.789. The zero-order valence-corrected chi connectivity index (χ0v) is 12.0. The van der Waals surface area contributed by atoms with Crippen LogP contribution in [0.25, 0.3) is 5.69 Å². The van der Waals surface area contributed by atoms with Crippen LogP contribution >= 0.6 is 11.6 Å². The van der Waals surface area contributed by atoms with E-state index in [1.807, 2.05) is 36.4 Å². The van der Waals surface area contributed by atoms with E-state index in [1.165, 1.54) is 5.56 Å². The molecule has 0 radical (unpaired) electrons. The first-order valence-corrected chi connectivity index (χ1v) is 7.01. The van der Waals surface area contributed by atoms with Gasteiger partial charge in [0.25, 0.3) is 0 Å². The summed E-state index contributed by atoms with van der Waals surface area (Å²) < 4.78 is 1.60. The first-order chi connectivity index (χ1) is 10.3. The van der Waals surface area contributed by atoms with Gasteiger partial charge < -0.3 is 5.32 Å². The van der Waals surface area contributed by atoms with Gasteiger partial charge in [0.15, 0.2) is 0 Å². The Labute approximate surface area is 127 Å². The fourth-order valence-corrected chi connectivity index (χ4v) is 2.24. The van der Waals surface area contributed by atoms with Gasteiger partial charge in [0.2, 0.25) is 0 Å². The van der Waals surface area contributed by atoms with Gasteiger partial charge in [0, 0.05) is 6.54 Å². The molecule has 3 aromatic rings. The second-order valence-electron chi connectivity index (χ2n) is 4.58. The number of aromatic nitrogens is 4. The Hall–Kier alpha value is -2.40. The minimum absolute atomic E-state index is 0.680. The second kappa shape index (κ2) is 6.37. The minimum Gasteiger partial charge on any atom is -0.383 e. The number of tetrazole rings is 1. The largest absolute Gasteiger partial charge is 0.383 e. The highest BCUT2D eigenvalue weighted by Gasteiger charge is 2.04. The predicted octanol–water partition coefficient (Wildman–Crippen LogP) is 2.97. The molecule has 0 fully saturated rings. The summed E-state index contributed by atoms with van der Waals surface area (Å²) in [4.78, 5) is 0. The number of anilines is 1. The molecule has 0 aliphatic heterocycles. The van der Waals surface area contributed by atoms with E-state index in [2.05, 4.69) is 33.0 Å². The third-order valence-corrected chi connectivity index (χ3v) is 3.47. The fourth-order valence-electron chi connectivity index (χ4n) is 2.06. The van der Waals surface area contributed by atoms with Crippen molar-refractivity contribution in [2.24, 2.45) is 0 Å². The molecule has 6 heteroatoms. The van der Waals surface area contributed by atoms with Gasteiger partial charge in [0.1, 0.15) is 6.33 Å². The van der Waals surface area contributed by atoms with E-state index in [4.69, 9.17) is 11.6 Å². The van der Waals surface area contributed by atoms with Crippen LogP contribution in [0.15, 0.2) is 54.9 Å². The van der Waals surface area contributed by atoms with Crippen LogP contribution in [0.4, 0.5) is 5.69 Å². The number of hydrogen-bond donors (Lipinski definition) is 1. The van der Waals surface area contributed by atoms with Crippen molar-refractivity contribution in [3.8, 4) is 5.69 Å². The van der Waals surface area contributed by atoms with Crippen LogP contribution < -0.4 is 5.32 Å². The van der Waals surface area contributed by atoms with Gasteiger partial charge in [0.05, 0.1) is 16.4 Å². The van der Waals surface area contributed by atoms with Gasteiger partial charge in [-0.25, -0.2) is 4.68 Å². The topological polar surface area (TPSA) is 55.6 Å². The maximum Gasteiger partial charge on any atom is 0.143 e. The summed E-state index contributed by atoms with van der Waals surface area (Å²) in [6, 6.07) is 16.0. The summed E-state index contributed by atoms with van der Waals surface area (Å²) in [6.45, 7) is 0.808. The molecule has 0 amide bonds. The first-order valence-electron chi connectivity index (χ1n) is 6.63. The Morgan fingerprint density at radius 3 is 2.71 bits per heavy atom. The average molecular weight is 300 g/mol. The van der Waals surface area contributed by atoms with Crippen molar-refractivity contribution >= 4 is 17.3 Å². The molecule has 1 heterocycles. The van der Waals surface area contributed by atoms with Crippen LogP contribution in [-0.4, -0.2) is 26.8 Å². The van der Waals surface area contributed by atoms with Crippen LogP contribution in [-0.2, 0) is 6.42 Å². The van der Waals surface area contributed by atoms with Crippen molar-refractivity contribution in [3.05, 3.63) is 65.4 Å². The molecule has 0 unspecified atom stereocenters. The highest BCUT2D eigenvalue weighted by Crippen LogP contribution is 2.24. The van der Waals surface area contributed by atoms with E-state index in [-0.39, 0.29) is 0 Å². The summed E-state index contributed by atoms with van der Waals surface area (Å²) in [5, 5.41) is 15.2. The Morgan fingerprint density at radius 2 is 1.95 bits per heavy atom. The lowest BCUT2D eigenvalue weighted by Gasteiger charge is -2.10. The third-order valence-electron chi connectivity index (χ3n) is 3.14. The Morgan fingerprint density at radius 1 is 1.10 bits per heavy atom. The summed E-state index contributed by atoms with van der Waals surface area (Å²) in [6.07, 6.45) is 2.49. The monoisotopic (exact) mass is 299 g/mol. The standard InChI is InChI=1S/C15H14ClN5/c16-14-7-6-13(21-11-18-19-20-21)10-15(14)17-9-8-12-4-2-1-3-5-12/h1-7,10-11,17H,8-9H2. The molecule has 3 rings (SSSR count). The van der Waals surface area contributed by atoms with Crippen LogP contribution in [0.5, 0.6) is 0 Å². The minimum atomic E-state index is 0.680. The van der Waals surface area contributed by atoms with Crippen LogP contribution in [0, 0.1) is 0 Å². The quantitative estimate of drug-likeness (QED) is 0.787. The Balaban J connectivity index is 1.69. The molecule has 0 bridgehead atoms. The SMILES string of the molecule is Clc1ccc(-n2cnnn2)cc1NCCc1ccccc1. The number of hydrogen-bond acceptors (Lipinski definition) is 4. The molecule has 106 valence electrons. The molecule has 21 heavy (non-hydrogen) atoms. The van der Waals surface area contributed by atoms with E-state index in [0.717, 1.165) is 24.3 Å². The number of nitrogens with zero attached hydrogens (tertiary/aromatic N) is 4. The van der Waals surface area contributed by atoms with Crippen molar-refractivity contribution in [2.75, 3.05) is 11.9 Å². The van der Waals surface area contributed by atoms with Gasteiger partial charge in [-0.1, -0.05) is 41.9 Å². The molecule has 0 aliphatic rings. The molecule has 5 nitrogen and oxygen atoms in total. The zero-order valence-electron chi connectivity index (χ0n) is 11.3. The van der Waals surface area contributed by atoms with Crippen molar-refractivity contribution in [2.45, 2.75) is 6.42 Å². The molecule has 0 spiro atoms. The second-order valence-corrected chi connectivity index (χ2v) is 4.99. The van der Waals surface area contributed by atoms with Crippen molar-refractivity contribution in [1.29, 1.82) is 0 Å². The van der Waals surface area contributed by atoms with Gasteiger partial charge in [-0.3, -0.25) is 0 Å². The van der Waals surface area contributed by atoms with Crippen LogP contribution in [0.3, 0.4) is 0 Å². The van der Waals surface area contributed by atoms with Crippen LogP contribution in [0.1, 0.15) is 5.56 Å². The molecule has 1 N–H and O–H groups in total. The molecular weight excluding hydrogens is 286 g/mol. The number of nitrogens with one attached hydrogen (secondary N) is 1. The molecule has 0 atom stereocenters. The lowest BCUT2D eigenvalue weighted by atomic mass is 10.1. The van der Waals surface area contributed by atoms with Crippen molar-refractivity contribution in [1.82, 2.24) is 20.2 Å². The summed E-state index contributed by atoms with van der Waals surface area (Å²) in [7, 11) is 0. The van der Waals surface area contributed by atoms with E-state index in [1.54, 1.807) is 11.0 Å². The van der Waals surface area contributed by atoms with E-state index in [9.17, 15) is 0 Å². The van der Waals surface area contributed by atoms with E-state index >= 15 is 0 Å². The average Bonchev–Trinajstić information content (AvgIpc) is 3.04. The highest BCUT2D eigenvalue weighted by atomic mass is 35.5. The summed E-state index contributed by atoms with van der Waals surface area (Å²) in [5.41, 5.74) is 3.03.